The van der Waals surface area contributed by atoms with Crippen LogP contribution in [0.15, 0.2) is 413 Å². The quantitative estimate of drug-likeness (QED) is 0.0364. The zero-order valence-electron chi connectivity index (χ0n) is 94.5. The summed E-state index contributed by atoms with van der Waals surface area (Å²) in [5.41, 5.74) is 25.9. The normalized spacial score (nSPS) is 12.8. The minimum Gasteiger partial charge on any atom is -0.542 e. The van der Waals surface area contributed by atoms with Crippen molar-refractivity contribution in [3.05, 3.63) is 546 Å². The smallest absolute Gasteiger partial charge is 0.264 e. The molecule has 0 N–H and O–H groups in total. The van der Waals surface area contributed by atoms with Gasteiger partial charge < -0.3 is 17.7 Å². The fraction of sp³-hybridized carbons (Fsp3) is 0.324. The molecule has 0 heterocycles. The van der Waals surface area contributed by atoms with Gasteiger partial charge in [0.1, 0.15) is 23.0 Å². The molecule has 0 spiro atoms. The average molecular weight is 2050 g/mol. The van der Waals surface area contributed by atoms with Crippen molar-refractivity contribution in [2.24, 2.45) is 0 Å². The predicted octanol–water partition coefficient (Wildman–Crippen LogP) is 35.7. The zero-order chi connectivity index (χ0) is 107. The first kappa shape index (κ1) is 110. The molecule has 8 heteroatoms. The van der Waals surface area contributed by atoms with Crippen LogP contribution in [0.25, 0.3) is 0 Å². The molecule has 16 aromatic carbocycles. The lowest BCUT2D eigenvalue weighted by atomic mass is 9.66. The molecule has 0 unspecified atom stereocenters. The molecule has 0 saturated heterocycles. The molecule has 0 aliphatic rings. The summed E-state index contributed by atoms with van der Waals surface area (Å²) in [6.45, 7) is 59.1. The van der Waals surface area contributed by atoms with Gasteiger partial charge in [0.25, 0.3) is 33.3 Å². The Balaban J connectivity index is 1.10. The summed E-state index contributed by atoms with van der Waals surface area (Å²) < 4.78 is 35.9. The highest BCUT2D eigenvalue weighted by molar-refractivity contribution is 6.74. The molecule has 0 amide bonds. The molecule has 0 aromatic heterocycles. The van der Waals surface area contributed by atoms with E-state index >= 15 is 0 Å². The summed E-state index contributed by atoms with van der Waals surface area (Å²) in [5, 5.41) is 0. The third kappa shape index (κ3) is 28.1. The van der Waals surface area contributed by atoms with Gasteiger partial charge in [-0.15, -0.1) is 0 Å². The van der Waals surface area contributed by atoms with Gasteiger partial charge in [-0.1, -0.05) is 579 Å². The van der Waals surface area contributed by atoms with Gasteiger partial charge in [-0.2, -0.15) is 0 Å². The van der Waals surface area contributed by atoms with Gasteiger partial charge >= 0.3 is 0 Å². The van der Waals surface area contributed by atoms with Crippen molar-refractivity contribution < 1.29 is 17.7 Å². The van der Waals surface area contributed by atoms with Crippen molar-refractivity contribution in [1.82, 2.24) is 0 Å². The van der Waals surface area contributed by atoms with Gasteiger partial charge in [-0.05, 0) is 177 Å². The number of rotatable bonds is 37. The van der Waals surface area contributed by atoms with Gasteiger partial charge in [-0.3, -0.25) is 0 Å². The lowest BCUT2D eigenvalue weighted by Gasteiger charge is -2.42. The van der Waals surface area contributed by atoms with Gasteiger partial charge in [0.2, 0.25) is 0 Å². The average Bonchev–Trinajstić information content (AvgIpc) is 0.716. The summed E-state index contributed by atoms with van der Waals surface area (Å²) in [4.78, 5) is 0. The molecular weight excluding hydrogens is 1880 g/mol. The maximum atomic E-state index is 8.96. The molecule has 774 valence electrons. The van der Waals surface area contributed by atoms with Crippen molar-refractivity contribution in [2.45, 2.75) is 294 Å². The Kier molecular flexibility index (Phi) is 33.8. The molecular formula is C142H166O4Si4. The Morgan fingerprint density at radius 1 is 0.140 bits per heavy atom. The van der Waals surface area contributed by atoms with E-state index < -0.39 is 88.4 Å². The molecule has 4 nitrogen and oxygen atoms in total. The molecule has 0 bridgehead atoms. The maximum Gasteiger partial charge on any atom is 0.264 e. The van der Waals surface area contributed by atoms with Crippen LogP contribution in [0.4, 0.5) is 0 Å². The van der Waals surface area contributed by atoms with Gasteiger partial charge in [0, 0.05) is 84.4 Å². The van der Waals surface area contributed by atoms with E-state index in [0.717, 1.165) is 95.5 Å². The summed E-state index contributed by atoms with van der Waals surface area (Å²) >= 11 is 0. The Hall–Kier alpha value is -12.4. The summed E-state index contributed by atoms with van der Waals surface area (Å²) in [6, 6.07) is 167. The largest absolute Gasteiger partial charge is 0.542 e. The minimum atomic E-state index is -3.18. The SMILES string of the molecule is CC(C)(C)c1cc(C(c2cc(C(C)(C)C)c(O[Si](Cc3ccccc3)(Cc3ccccc3)Cc3ccccc3)c(C(C)(C)C)c2)C(c2cc(C(C)(C)C)c(O[Si](Cc3ccccc3)(Cc3ccccc3)Cc3ccccc3)c(C(C)(C)C)c2)c2cc(C(C)(C)C)c(O[Si](Cc3ccccc3)(Cc3ccccc3)Cc3ccccc3)c(C(C)(C)C)c2)cc(C(C)(C)C)c1O[Si](Cc1ccccc1)(Cc1ccccc1)Cc1ccccc1. The third-order valence-electron chi connectivity index (χ3n) is 30.4. The Morgan fingerprint density at radius 2 is 0.227 bits per heavy atom. The monoisotopic (exact) mass is 2050 g/mol. The van der Waals surface area contributed by atoms with Gasteiger partial charge in [0.05, 0.1) is 0 Å². The lowest BCUT2D eigenvalue weighted by molar-refractivity contribution is 0.454. The Bertz CT molecular complexity index is 5670. The van der Waals surface area contributed by atoms with Crippen LogP contribution in [0.5, 0.6) is 23.0 Å². The first-order valence-electron chi connectivity index (χ1n) is 55.2. The first-order chi connectivity index (χ1) is 71.2. The van der Waals surface area contributed by atoms with E-state index in [0.29, 0.717) is 0 Å². The van der Waals surface area contributed by atoms with E-state index in [1.165, 1.54) is 134 Å². The highest BCUT2D eigenvalue weighted by Gasteiger charge is 2.50. The van der Waals surface area contributed by atoms with Crippen LogP contribution in [0.3, 0.4) is 0 Å². The van der Waals surface area contributed by atoms with E-state index in [4.69, 9.17) is 17.7 Å². The van der Waals surface area contributed by atoms with Crippen LogP contribution in [0.1, 0.15) is 312 Å². The number of benzene rings is 16. The van der Waals surface area contributed by atoms with Crippen molar-refractivity contribution in [3.8, 4) is 23.0 Å². The van der Waals surface area contributed by atoms with Crippen LogP contribution in [-0.4, -0.2) is 33.3 Å². The zero-order valence-corrected chi connectivity index (χ0v) is 98.5. The second-order valence-electron chi connectivity index (χ2n) is 51.8. The van der Waals surface area contributed by atoms with E-state index in [-0.39, 0.29) is 0 Å². The van der Waals surface area contributed by atoms with Crippen LogP contribution >= 0.6 is 0 Å². The van der Waals surface area contributed by atoms with Crippen LogP contribution < -0.4 is 17.7 Å². The molecule has 150 heavy (non-hydrogen) atoms. The highest BCUT2D eigenvalue weighted by atomic mass is 28.4. The Labute approximate surface area is 907 Å². The summed E-state index contributed by atoms with van der Waals surface area (Å²) in [5.74, 6) is 3.10. The van der Waals surface area contributed by atoms with Crippen LogP contribution in [0.2, 0.25) is 0 Å². The van der Waals surface area contributed by atoms with Crippen molar-refractivity contribution >= 4 is 33.3 Å². The third-order valence-corrected chi connectivity index (χ3v) is 45.6. The highest BCUT2D eigenvalue weighted by Crippen LogP contribution is 2.57. The van der Waals surface area contributed by atoms with Crippen molar-refractivity contribution in [1.29, 1.82) is 0 Å². The molecule has 0 aliphatic carbocycles. The minimum absolute atomic E-state index is 0.470. The van der Waals surface area contributed by atoms with Gasteiger partial charge in [-0.25, -0.2) is 0 Å². The van der Waals surface area contributed by atoms with Crippen molar-refractivity contribution in [2.75, 3.05) is 0 Å². The molecule has 0 atom stereocenters. The fourth-order valence-electron chi connectivity index (χ4n) is 23.0. The summed E-state index contributed by atoms with van der Waals surface area (Å²) in [6.07, 6.45) is 0. The molecule has 0 saturated carbocycles. The first-order valence-corrected chi connectivity index (χ1v) is 65.3. The maximum absolute atomic E-state index is 8.96. The second kappa shape index (κ2) is 46.0. The van der Waals surface area contributed by atoms with E-state index in [2.05, 4.69) is 579 Å². The number of hydrogen-bond donors (Lipinski definition) is 0. The van der Waals surface area contributed by atoms with Gasteiger partial charge in [0.15, 0.2) is 0 Å². The fourth-order valence-corrected chi connectivity index (χ4v) is 39.8. The molecule has 16 rings (SSSR count). The van der Waals surface area contributed by atoms with Crippen LogP contribution in [0, 0.1) is 0 Å². The Morgan fingerprint density at radius 3 is 0.307 bits per heavy atom. The van der Waals surface area contributed by atoms with Crippen LogP contribution in [-0.2, 0) is 116 Å². The molecule has 16 aromatic rings. The molecule has 0 aliphatic heterocycles. The lowest BCUT2D eigenvalue weighted by Crippen LogP contribution is -2.51. The van der Waals surface area contributed by atoms with Crippen molar-refractivity contribution in [3.63, 3.8) is 0 Å². The van der Waals surface area contributed by atoms with E-state index in [1.54, 1.807) is 0 Å². The standard InChI is InChI=1S/C142H166O4Si4/c1-135(2,3)121-85-117(86-122(136(4,5)6)131(121)143-147(93-105-61-37-25-38-62-105,94-106-63-39-26-40-64-106)95-107-65-41-27-42-66-107)129(118-87-123(137(7,8)9)132(124(88-118)138(10,11)12)144-148(96-108-67-43-28-44-68-108,97-109-69-45-29-46-70-109)98-110-71-47-30-48-72-110)130(119-89-125(139(13,14)15)133(126(90-119)140(16,17)18)145-149(99-111-73-49-31-50-74-111,100-112-75-51-32-52-76-112)101-113-77-53-33-54-78-113)120-91-127(141(19,20)21)134(128(92-120)142(22,23)24)146-150(102-114-79-55-34-56-80-114,103-115-81-57-35-58-82-115)104-116-83-59-36-60-84-116/h25-92,129-130H,93-104H2,1-24H3. The van der Waals surface area contributed by atoms with E-state index in [9.17, 15) is 0 Å². The molecule has 0 fully saturated rings. The predicted molar refractivity (Wildman–Crippen MR) is 646 cm³/mol. The molecule has 0 radical (unpaired) electrons. The topological polar surface area (TPSA) is 36.9 Å². The summed E-state index contributed by atoms with van der Waals surface area (Å²) in [7, 11) is -12.7. The second-order valence-corrected chi connectivity index (χ2v) is 66.3. The van der Waals surface area contributed by atoms with E-state index in [1.807, 2.05) is 0 Å². The number of hydrogen-bond acceptors (Lipinski definition) is 4.